The number of benzene rings is 1. The molecule has 1 unspecified atom stereocenters. The molecule has 0 spiro atoms. The van der Waals surface area contributed by atoms with Crippen molar-refractivity contribution < 1.29 is 23.8 Å². The molecule has 0 aliphatic rings. The van der Waals surface area contributed by atoms with Crippen LogP contribution in [-0.4, -0.2) is 16.2 Å². The molecule has 76 valence electrons. The Balaban J connectivity index is 3.22. The number of carbonyl (C=O) groups is 1. The number of rotatable bonds is 2. The van der Waals surface area contributed by atoms with Crippen LogP contribution in [0.15, 0.2) is 12.1 Å². The van der Waals surface area contributed by atoms with Crippen LogP contribution < -0.4 is 5.73 Å². The van der Waals surface area contributed by atoms with E-state index in [1.807, 2.05) is 0 Å². The van der Waals surface area contributed by atoms with Crippen molar-refractivity contribution in [1.82, 2.24) is 0 Å². The van der Waals surface area contributed by atoms with Crippen molar-refractivity contribution in [1.29, 1.82) is 0 Å². The van der Waals surface area contributed by atoms with Crippen LogP contribution in [0.5, 0.6) is 5.75 Å². The molecule has 0 saturated carbocycles. The van der Waals surface area contributed by atoms with Gasteiger partial charge in [-0.25, -0.2) is 8.78 Å². The Morgan fingerprint density at radius 3 is 2.43 bits per heavy atom. The van der Waals surface area contributed by atoms with Crippen molar-refractivity contribution in [3.63, 3.8) is 0 Å². The maximum Gasteiger partial charge on any atom is 0.325 e. The maximum absolute atomic E-state index is 13.0. The minimum absolute atomic E-state index is 0.480. The SMILES string of the molecule is NC(C(=O)O)c1cc(F)c(O)cc1F. The van der Waals surface area contributed by atoms with E-state index < -0.39 is 35.0 Å². The number of aromatic hydroxyl groups is 1. The molecule has 0 aliphatic heterocycles. The van der Waals surface area contributed by atoms with E-state index in [0.717, 1.165) is 0 Å². The molecule has 1 atom stereocenters. The number of halogens is 2. The molecule has 0 heterocycles. The van der Waals surface area contributed by atoms with Crippen LogP contribution in [0.3, 0.4) is 0 Å². The first-order chi connectivity index (χ1) is 6.43. The first kappa shape index (κ1) is 10.4. The number of hydrogen-bond donors (Lipinski definition) is 3. The highest BCUT2D eigenvalue weighted by Crippen LogP contribution is 2.23. The van der Waals surface area contributed by atoms with Crippen molar-refractivity contribution >= 4 is 5.97 Å². The number of hydrogen-bond acceptors (Lipinski definition) is 3. The zero-order chi connectivity index (χ0) is 10.9. The number of aliphatic carboxylic acids is 1. The van der Waals surface area contributed by atoms with Crippen molar-refractivity contribution in [3.8, 4) is 5.75 Å². The van der Waals surface area contributed by atoms with E-state index in [2.05, 4.69) is 0 Å². The summed E-state index contributed by atoms with van der Waals surface area (Å²) in [7, 11) is 0. The minimum atomic E-state index is -1.65. The molecule has 1 aromatic rings. The molecule has 4 N–H and O–H groups in total. The first-order valence-corrected chi connectivity index (χ1v) is 3.59. The number of carboxylic acids is 1. The molecule has 0 radical (unpaired) electrons. The van der Waals surface area contributed by atoms with Crippen molar-refractivity contribution in [2.24, 2.45) is 5.73 Å². The van der Waals surface area contributed by atoms with Gasteiger partial charge in [0.15, 0.2) is 11.6 Å². The fourth-order valence-electron chi connectivity index (χ4n) is 0.923. The Morgan fingerprint density at radius 2 is 1.93 bits per heavy atom. The molecule has 0 aliphatic carbocycles. The van der Waals surface area contributed by atoms with Gasteiger partial charge < -0.3 is 15.9 Å². The predicted molar refractivity (Wildman–Crippen MR) is 42.6 cm³/mol. The monoisotopic (exact) mass is 203 g/mol. The normalized spacial score (nSPS) is 12.5. The minimum Gasteiger partial charge on any atom is -0.505 e. The summed E-state index contributed by atoms with van der Waals surface area (Å²) in [6.07, 6.45) is 0. The van der Waals surface area contributed by atoms with Gasteiger partial charge in [-0.15, -0.1) is 0 Å². The summed E-state index contributed by atoms with van der Waals surface area (Å²) in [4.78, 5) is 10.4. The first-order valence-electron chi connectivity index (χ1n) is 3.59. The summed E-state index contributed by atoms with van der Waals surface area (Å²) in [6, 6.07) is -0.609. The van der Waals surface area contributed by atoms with Crippen molar-refractivity contribution in [3.05, 3.63) is 29.3 Å². The van der Waals surface area contributed by atoms with Crippen LogP contribution in [-0.2, 0) is 4.79 Å². The highest BCUT2D eigenvalue weighted by atomic mass is 19.1. The van der Waals surface area contributed by atoms with E-state index in [1.54, 1.807) is 0 Å². The Morgan fingerprint density at radius 1 is 1.36 bits per heavy atom. The molecule has 0 saturated heterocycles. The predicted octanol–water partition coefficient (Wildman–Crippen LogP) is 0.755. The van der Waals surface area contributed by atoms with Gasteiger partial charge in [0.1, 0.15) is 11.9 Å². The Kier molecular flexibility index (Phi) is 2.66. The van der Waals surface area contributed by atoms with E-state index in [0.29, 0.717) is 12.1 Å². The summed E-state index contributed by atoms with van der Waals surface area (Å²) in [5.74, 6) is -4.53. The summed E-state index contributed by atoms with van der Waals surface area (Å²) in [6.45, 7) is 0. The fraction of sp³-hybridized carbons (Fsp3) is 0.125. The Labute approximate surface area is 77.6 Å². The lowest BCUT2D eigenvalue weighted by Gasteiger charge is -2.08. The van der Waals surface area contributed by atoms with Crippen LogP contribution >= 0.6 is 0 Å². The quantitative estimate of drug-likeness (QED) is 0.662. The Hall–Kier alpha value is -1.69. The molecular weight excluding hydrogens is 196 g/mol. The van der Waals surface area contributed by atoms with Crippen LogP contribution in [0.25, 0.3) is 0 Å². The molecule has 0 bridgehead atoms. The van der Waals surface area contributed by atoms with Crippen LogP contribution in [0.4, 0.5) is 8.78 Å². The smallest absolute Gasteiger partial charge is 0.325 e. The summed E-state index contributed by atoms with van der Waals surface area (Å²) < 4.78 is 25.7. The third-order valence-electron chi connectivity index (χ3n) is 1.67. The fourth-order valence-corrected chi connectivity index (χ4v) is 0.923. The number of carboxylic acid groups (broad SMARTS) is 1. The molecule has 0 fully saturated rings. The van der Waals surface area contributed by atoms with Crippen LogP contribution in [0.2, 0.25) is 0 Å². The van der Waals surface area contributed by atoms with Gasteiger partial charge in [0.25, 0.3) is 0 Å². The number of phenols is 1. The van der Waals surface area contributed by atoms with E-state index in [9.17, 15) is 13.6 Å². The zero-order valence-corrected chi connectivity index (χ0v) is 6.87. The number of nitrogens with two attached hydrogens (primary N) is 1. The zero-order valence-electron chi connectivity index (χ0n) is 6.87. The molecule has 4 nitrogen and oxygen atoms in total. The standard InChI is InChI=1S/C8H7F2NO3/c9-4-2-6(12)5(10)1-3(4)7(11)8(13)14/h1-2,7,12H,11H2,(H,13,14). The third-order valence-corrected chi connectivity index (χ3v) is 1.67. The van der Waals surface area contributed by atoms with Gasteiger partial charge in [-0.1, -0.05) is 0 Å². The van der Waals surface area contributed by atoms with Crippen LogP contribution in [0.1, 0.15) is 11.6 Å². The second-order valence-corrected chi connectivity index (χ2v) is 2.64. The summed E-state index contributed by atoms with van der Waals surface area (Å²) in [5.41, 5.74) is 4.56. The third kappa shape index (κ3) is 1.80. The lowest BCUT2D eigenvalue weighted by molar-refractivity contribution is -0.138. The van der Waals surface area contributed by atoms with E-state index >= 15 is 0 Å². The molecule has 0 aromatic heterocycles. The molecule has 6 heteroatoms. The second-order valence-electron chi connectivity index (χ2n) is 2.64. The van der Waals surface area contributed by atoms with E-state index in [4.69, 9.17) is 15.9 Å². The van der Waals surface area contributed by atoms with Gasteiger partial charge >= 0.3 is 5.97 Å². The lowest BCUT2D eigenvalue weighted by Crippen LogP contribution is -2.22. The Bertz CT molecular complexity index is 381. The molecule has 1 rings (SSSR count). The highest BCUT2D eigenvalue weighted by Gasteiger charge is 2.20. The topological polar surface area (TPSA) is 83.6 Å². The van der Waals surface area contributed by atoms with Gasteiger partial charge in [-0.3, -0.25) is 4.79 Å². The maximum atomic E-state index is 13.0. The van der Waals surface area contributed by atoms with Gasteiger partial charge in [-0.05, 0) is 6.07 Å². The van der Waals surface area contributed by atoms with Crippen molar-refractivity contribution in [2.75, 3.05) is 0 Å². The molecule has 0 amide bonds. The summed E-state index contributed by atoms with van der Waals surface area (Å²) in [5, 5.41) is 17.2. The van der Waals surface area contributed by atoms with E-state index in [-0.39, 0.29) is 0 Å². The second kappa shape index (κ2) is 3.59. The van der Waals surface area contributed by atoms with Gasteiger partial charge in [0.05, 0.1) is 0 Å². The number of phenolic OH excluding ortho intramolecular Hbond substituents is 1. The molecule has 14 heavy (non-hydrogen) atoms. The van der Waals surface area contributed by atoms with Gasteiger partial charge in [-0.2, -0.15) is 0 Å². The lowest BCUT2D eigenvalue weighted by atomic mass is 10.1. The molecular formula is C8H7F2NO3. The highest BCUT2D eigenvalue weighted by molar-refractivity contribution is 5.75. The summed E-state index contributed by atoms with van der Waals surface area (Å²) >= 11 is 0. The van der Waals surface area contributed by atoms with Gasteiger partial charge in [0, 0.05) is 11.6 Å². The average Bonchev–Trinajstić information content (AvgIpc) is 2.10. The largest absolute Gasteiger partial charge is 0.505 e. The van der Waals surface area contributed by atoms with E-state index in [1.165, 1.54) is 0 Å². The van der Waals surface area contributed by atoms with Crippen molar-refractivity contribution in [2.45, 2.75) is 6.04 Å². The molecule has 1 aromatic carbocycles. The van der Waals surface area contributed by atoms with Crippen LogP contribution in [0, 0.1) is 11.6 Å². The van der Waals surface area contributed by atoms with Gasteiger partial charge in [0.2, 0.25) is 0 Å². The average molecular weight is 203 g/mol.